The van der Waals surface area contributed by atoms with E-state index < -0.39 is 0 Å². The number of hydrogen-bond donors (Lipinski definition) is 0. The molecule has 2 aliphatic heterocycles. The van der Waals surface area contributed by atoms with Gasteiger partial charge in [0.25, 0.3) is 0 Å². The molecule has 0 saturated carbocycles. The topological polar surface area (TPSA) is 43.2 Å². The van der Waals surface area contributed by atoms with Gasteiger partial charge in [-0.3, -0.25) is 9.47 Å². The Hall–Kier alpha value is -1.44. The molecule has 3 heterocycles. The second-order valence-electron chi connectivity index (χ2n) is 5.64. The van der Waals surface area contributed by atoms with E-state index in [4.69, 9.17) is 4.74 Å². The molecule has 116 valence electrons. The lowest BCUT2D eigenvalue weighted by atomic mass is 10.2. The van der Waals surface area contributed by atoms with Gasteiger partial charge in [0.2, 0.25) is 0 Å². The normalized spacial score (nSPS) is 22.0. The van der Waals surface area contributed by atoms with Crippen LogP contribution in [-0.4, -0.2) is 44.8 Å². The summed E-state index contributed by atoms with van der Waals surface area (Å²) in [7, 11) is 0. The van der Waals surface area contributed by atoms with Crippen molar-refractivity contribution < 1.29 is 9.13 Å². The van der Waals surface area contributed by atoms with Crippen LogP contribution in [0.25, 0.3) is 11.4 Å². The second-order valence-corrected chi connectivity index (χ2v) is 6.56. The first-order chi connectivity index (χ1) is 10.8. The Balaban J connectivity index is 1.55. The fourth-order valence-corrected chi connectivity index (χ4v) is 3.80. The first-order valence-corrected chi connectivity index (χ1v) is 8.44. The largest absolute Gasteiger partial charge is 0.377 e. The molecular formula is C15H17FN4OS. The zero-order valence-corrected chi connectivity index (χ0v) is 12.9. The Morgan fingerprint density at radius 2 is 2.14 bits per heavy atom. The Kier molecular flexibility index (Phi) is 3.85. The highest BCUT2D eigenvalue weighted by Crippen LogP contribution is 2.29. The minimum atomic E-state index is -0.239. The molecule has 4 rings (SSSR count). The van der Waals surface area contributed by atoms with Crippen molar-refractivity contribution in [3.63, 3.8) is 0 Å². The summed E-state index contributed by atoms with van der Waals surface area (Å²) in [6.07, 6.45) is 2.64. The Labute approximate surface area is 132 Å². The summed E-state index contributed by atoms with van der Waals surface area (Å²) in [4.78, 5) is 2.35. The molecule has 1 fully saturated rings. The van der Waals surface area contributed by atoms with Crippen molar-refractivity contribution in [1.29, 1.82) is 0 Å². The minimum Gasteiger partial charge on any atom is -0.377 e. The number of aromatic nitrogens is 3. The molecule has 0 bridgehead atoms. The van der Waals surface area contributed by atoms with Crippen LogP contribution in [0.2, 0.25) is 0 Å². The molecule has 22 heavy (non-hydrogen) atoms. The van der Waals surface area contributed by atoms with E-state index in [1.165, 1.54) is 12.1 Å². The molecule has 1 aromatic heterocycles. The van der Waals surface area contributed by atoms with Gasteiger partial charge in [-0.05, 0) is 37.1 Å². The highest BCUT2D eigenvalue weighted by Gasteiger charge is 2.25. The van der Waals surface area contributed by atoms with Crippen LogP contribution in [0.5, 0.6) is 0 Å². The predicted octanol–water partition coefficient (Wildman–Crippen LogP) is 2.59. The van der Waals surface area contributed by atoms with Crippen LogP contribution in [-0.2, 0) is 11.4 Å². The second kappa shape index (κ2) is 5.98. The Bertz CT molecular complexity index is 654. The van der Waals surface area contributed by atoms with Gasteiger partial charge >= 0.3 is 0 Å². The van der Waals surface area contributed by atoms with Crippen molar-refractivity contribution in [3.8, 4) is 11.4 Å². The highest BCUT2D eigenvalue weighted by atomic mass is 32.2. The average Bonchev–Trinajstić information content (AvgIpc) is 3.17. The molecule has 2 aromatic rings. The lowest BCUT2D eigenvalue weighted by Gasteiger charge is -2.29. The zero-order valence-electron chi connectivity index (χ0n) is 12.1. The first kappa shape index (κ1) is 14.2. The summed E-state index contributed by atoms with van der Waals surface area (Å²) >= 11 is 1.68. The third kappa shape index (κ3) is 2.76. The summed E-state index contributed by atoms with van der Waals surface area (Å²) < 4.78 is 20.9. The average molecular weight is 320 g/mol. The number of hydrogen-bond acceptors (Lipinski definition) is 5. The summed E-state index contributed by atoms with van der Waals surface area (Å²) in [5, 5.41) is 9.44. The smallest absolute Gasteiger partial charge is 0.193 e. The third-order valence-electron chi connectivity index (χ3n) is 4.02. The molecule has 1 atom stereocenters. The maximum Gasteiger partial charge on any atom is 0.193 e. The van der Waals surface area contributed by atoms with Crippen LogP contribution in [0, 0.1) is 5.82 Å². The fourth-order valence-electron chi connectivity index (χ4n) is 2.91. The van der Waals surface area contributed by atoms with Crippen LogP contribution in [0.15, 0.2) is 29.4 Å². The monoisotopic (exact) mass is 320 g/mol. The summed E-state index contributed by atoms with van der Waals surface area (Å²) in [5.74, 6) is 1.46. The van der Waals surface area contributed by atoms with Crippen molar-refractivity contribution in [2.45, 2.75) is 30.8 Å². The number of halogens is 1. The van der Waals surface area contributed by atoms with E-state index in [-0.39, 0.29) is 5.82 Å². The maximum atomic E-state index is 13.1. The van der Waals surface area contributed by atoms with Gasteiger partial charge in [-0.25, -0.2) is 4.39 Å². The summed E-state index contributed by atoms with van der Waals surface area (Å²) in [6.45, 7) is 2.57. The molecule has 7 heteroatoms. The highest BCUT2D eigenvalue weighted by molar-refractivity contribution is 7.99. The lowest BCUT2D eigenvalue weighted by Crippen LogP contribution is -2.36. The number of nitrogens with zero attached hydrogens (tertiary/aromatic N) is 4. The molecule has 1 saturated heterocycles. The number of thioether (sulfide) groups is 1. The van der Waals surface area contributed by atoms with Gasteiger partial charge in [0.1, 0.15) is 5.82 Å². The van der Waals surface area contributed by atoms with Crippen molar-refractivity contribution in [3.05, 3.63) is 30.1 Å². The molecule has 1 unspecified atom stereocenters. The fraction of sp³-hybridized carbons (Fsp3) is 0.467. The van der Waals surface area contributed by atoms with E-state index in [9.17, 15) is 4.39 Å². The van der Waals surface area contributed by atoms with Crippen LogP contribution in [0.1, 0.15) is 12.8 Å². The van der Waals surface area contributed by atoms with Gasteiger partial charge in [0, 0.05) is 18.7 Å². The molecule has 5 nitrogen and oxygen atoms in total. The van der Waals surface area contributed by atoms with Gasteiger partial charge in [-0.15, -0.1) is 10.2 Å². The quantitative estimate of drug-likeness (QED) is 0.870. The molecular weight excluding hydrogens is 303 g/mol. The zero-order chi connectivity index (χ0) is 14.9. The van der Waals surface area contributed by atoms with Crippen LogP contribution in [0.4, 0.5) is 4.39 Å². The number of ether oxygens (including phenoxy) is 1. The van der Waals surface area contributed by atoms with E-state index in [1.807, 2.05) is 0 Å². The van der Waals surface area contributed by atoms with E-state index >= 15 is 0 Å². The molecule has 1 aromatic carbocycles. The molecule has 0 radical (unpaired) electrons. The molecule has 2 aliphatic rings. The SMILES string of the molecule is Fc1ccc(-c2nnc3n2CN(CC2CCCO2)CS3)cc1. The van der Waals surface area contributed by atoms with Crippen molar-refractivity contribution in [2.75, 3.05) is 19.0 Å². The first-order valence-electron chi connectivity index (χ1n) is 7.45. The lowest BCUT2D eigenvalue weighted by molar-refractivity contribution is 0.0677. The summed E-state index contributed by atoms with van der Waals surface area (Å²) in [5.41, 5.74) is 0.889. The standard InChI is InChI=1S/C15H17FN4OS/c16-12-5-3-11(4-6-12)14-17-18-15-20(14)9-19(10-22-15)8-13-2-1-7-21-13/h3-6,13H,1-2,7-10H2. The van der Waals surface area contributed by atoms with E-state index in [0.29, 0.717) is 6.10 Å². The van der Waals surface area contributed by atoms with E-state index in [1.54, 1.807) is 23.9 Å². The van der Waals surface area contributed by atoms with E-state index in [0.717, 1.165) is 55.1 Å². The maximum absolute atomic E-state index is 13.1. The molecule has 0 N–H and O–H groups in total. The van der Waals surface area contributed by atoms with Crippen LogP contribution in [0.3, 0.4) is 0 Å². The predicted molar refractivity (Wildman–Crippen MR) is 81.8 cm³/mol. The molecule has 0 spiro atoms. The summed E-state index contributed by atoms with van der Waals surface area (Å²) in [6, 6.07) is 6.40. The minimum absolute atomic E-state index is 0.239. The van der Waals surface area contributed by atoms with Gasteiger partial charge in [0.15, 0.2) is 11.0 Å². The number of rotatable bonds is 3. The van der Waals surface area contributed by atoms with Gasteiger partial charge in [-0.1, -0.05) is 11.8 Å². The van der Waals surface area contributed by atoms with E-state index in [2.05, 4.69) is 19.7 Å². The third-order valence-corrected chi connectivity index (χ3v) is 5.08. The molecule has 0 aliphatic carbocycles. The Morgan fingerprint density at radius 3 is 2.91 bits per heavy atom. The number of benzene rings is 1. The van der Waals surface area contributed by atoms with Gasteiger partial charge in [0.05, 0.1) is 18.6 Å². The molecule has 0 amide bonds. The van der Waals surface area contributed by atoms with Crippen LogP contribution >= 0.6 is 11.8 Å². The van der Waals surface area contributed by atoms with Crippen molar-refractivity contribution in [1.82, 2.24) is 19.7 Å². The van der Waals surface area contributed by atoms with Gasteiger partial charge in [-0.2, -0.15) is 0 Å². The number of fused-ring (bicyclic) bond motifs is 1. The van der Waals surface area contributed by atoms with Gasteiger partial charge < -0.3 is 4.74 Å². The Morgan fingerprint density at radius 1 is 1.27 bits per heavy atom. The van der Waals surface area contributed by atoms with Crippen molar-refractivity contribution in [2.24, 2.45) is 0 Å². The van der Waals surface area contributed by atoms with Crippen molar-refractivity contribution >= 4 is 11.8 Å². The van der Waals surface area contributed by atoms with Crippen LogP contribution < -0.4 is 0 Å².